The van der Waals surface area contributed by atoms with Crippen LogP contribution in [0.5, 0.6) is 23.0 Å². The lowest BCUT2D eigenvalue weighted by molar-refractivity contribution is -0.141. The van der Waals surface area contributed by atoms with Crippen molar-refractivity contribution in [2.75, 3.05) is 73.0 Å². The molecule has 13 heterocycles. The molecule has 2 unspecified atom stereocenters. The number of carbonyl (C=O) groups excluding carboxylic acids is 9. The normalized spacial score (nSPS) is 31.5. The summed E-state index contributed by atoms with van der Waals surface area (Å²) in [4.78, 5) is 160. The molecule has 2 aromatic carbocycles. The summed E-state index contributed by atoms with van der Waals surface area (Å²) >= 11 is 0. The van der Waals surface area contributed by atoms with Crippen molar-refractivity contribution in [3.8, 4) is 23.0 Å². The zero-order chi connectivity index (χ0) is 59.5. The maximum Gasteiger partial charge on any atom is 0.326 e. The molecule has 11 fully saturated rings. The summed E-state index contributed by atoms with van der Waals surface area (Å²) in [6, 6.07) is 2.84. The third kappa shape index (κ3) is 6.25. The van der Waals surface area contributed by atoms with Gasteiger partial charge in [0.1, 0.15) is 76.2 Å². The van der Waals surface area contributed by atoms with Crippen LogP contribution in [0.3, 0.4) is 0 Å². The fraction of sp³-hybridized carbons (Fsp3) is 0.618. The van der Waals surface area contributed by atoms with Crippen molar-refractivity contribution >= 4 is 54.2 Å². The topological polar surface area (TPSA) is 252 Å². The average molecular weight is 1180 g/mol. The number of benzene rings is 2. The van der Waals surface area contributed by atoms with Gasteiger partial charge in [0.2, 0.25) is 0 Å². The van der Waals surface area contributed by atoms with Crippen LogP contribution in [0.4, 0.5) is 38.4 Å². The number of urea groups is 8. The Labute approximate surface area is 488 Å². The quantitative estimate of drug-likeness (QED) is 0.206. The van der Waals surface area contributed by atoms with Crippen molar-refractivity contribution in [2.24, 2.45) is 0 Å². The first-order valence-corrected chi connectivity index (χ1v) is 29.3. The number of esters is 1. The van der Waals surface area contributed by atoms with E-state index in [1.807, 2.05) is 39.8 Å². The zero-order valence-corrected chi connectivity index (χ0v) is 48.7. The third-order valence-electron chi connectivity index (χ3n) is 20.7. The van der Waals surface area contributed by atoms with E-state index in [0.717, 1.165) is 12.8 Å². The molecule has 0 radical (unpaired) electrons. The van der Waals surface area contributed by atoms with E-state index in [4.69, 9.17) is 23.7 Å². The average Bonchev–Trinajstić information content (AvgIpc) is 1.51. The summed E-state index contributed by atoms with van der Waals surface area (Å²) in [7, 11) is 0. The Kier molecular flexibility index (Phi) is 11.0. The summed E-state index contributed by atoms with van der Waals surface area (Å²) in [6.07, 6.45) is -2.33. The second kappa shape index (κ2) is 17.7. The van der Waals surface area contributed by atoms with Gasteiger partial charge in [0.05, 0.1) is 46.0 Å². The minimum absolute atomic E-state index is 0.00748. The zero-order valence-electron chi connectivity index (χ0n) is 48.7. The summed E-state index contributed by atoms with van der Waals surface area (Å²) < 4.78 is 30.2. The summed E-state index contributed by atoms with van der Waals surface area (Å²) in [5, 5.41) is 0. The van der Waals surface area contributed by atoms with Crippen molar-refractivity contribution in [3.05, 3.63) is 46.5 Å². The lowest BCUT2D eigenvalue weighted by atomic mass is 9.95. The van der Waals surface area contributed by atoms with Gasteiger partial charge >= 0.3 is 54.2 Å². The highest BCUT2D eigenvalue weighted by atomic mass is 16.6. The lowest BCUT2D eigenvalue weighted by Gasteiger charge is -2.49. The van der Waals surface area contributed by atoms with E-state index in [0.29, 0.717) is 71.5 Å². The van der Waals surface area contributed by atoms with Crippen LogP contribution in [-0.4, -0.2) is 253 Å². The molecule has 0 bridgehead atoms. The molecule has 13 aliphatic rings. The van der Waals surface area contributed by atoms with Gasteiger partial charge in [-0.3, -0.25) is 83.2 Å². The minimum atomic E-state index is -1.53. The summed E-state index contributed by atoms with van der Waals surface area (Å²) in [5.41, 5.74) is -3.21. The first-order valence-electron chi connectivity index (χ1n) is 29.3. The van der Waals surface area contributed by atoms with E-state index in [9.17, 15) is 4.79 Å². The monoisotopic (exact) mass is 1180 g/mol. The molecular formula is C55H68N16O14. The standard InChI is InChI=1S/C55H68N16O14/c1-9-16-82-36-12-13-37(83-17-10-2)33-22-65-49(78)69-28-61-42-40-56(44(73)60(42)27-68-48(77)64(21-32(33)36)52(65,5)54(68,69)7)25-58-41-43-62(46(58)75)29-70-50(79)66-23-34-35(39(85-20-19-81-31(4)72)15-14-38(34)84-18-11-3)24-67-51(80)71(55(70,8)53(66,67)6)30-63(43)47(76)59(41)26-57(40)45(61)74/h12-15,40-43H,9-11,16-30H2,1-8H3/t40-,41+,42+,43-,52?,53-,54?,55+/m0/s1. The van der Waals surface area contributed by atoms with Gasteiger partial charge in [-0.15, -0.1) is 0 Å². The minimum Gasteiger partial charge on any atom is -0.493 e. The molecule has 0 aromatic heterocycles. The van der Waals surface area contributed by atoms with E-state index in [1.165, 1.54) is 65.7 Å². The number of hydrogen-bond acceptors (Lipinski definition) is 14. The number of fused-ring (bicyclic) bond motifs is 2. The molecule has 0 saturated carbocycles. The number of amides is 16. The molecule has 2 aromatic rings. The molecule has 8 atom stereocenters. The predicted molar refractivity (Wildman–Crippen MR) is 288 cm³/mol. The van der Waals surface area contributed by atoms with Crippen LogP contribution in [0.25, 0.3) is 0 Å². The number of ether oxygens (including phenoxy) is 5. The van der Waals surface area contributed by atoms with Crippen molar-refractivity contribution in [2.45, 2.75) is 148 Å². The third-order valence-corrected chi connectivity index (χ3v) is 20.7. The van der Waals surface area contributed by atoms with Crippen LogP contribution in [0, 0.1) is 0 Å². The Morgan fingerprint density at radius 2 is 0.600 bits per heavy atom. The molecule has 0 spiro atoms. The second-order valence-corrected chi connectivity index (χ2v) is 24.4. The van der Waals surface area contributed by atoms with Crippen LogP contribution in [0.15, 0.2) is 24.3 Å². The van der Waals surface area contributed by atoms with Gasteiger partial charge < -0.3 is 23.7 Å². The van der Waals surface area contributed by atoms with Crippen LogP contribution in [0.1, 0.15) is 96.9 Å². The Bertz CT molecular complexity index is 3390. The fourth-order valence-corrected chi connectivity index (χ4v) is 16.1. The molecule has 13 aliphatic heterocycles. The molecular weight excluding hydrogens is 1110 g/mol. The van der Waals surface area contributed by atoms with Gasteiger partial charge in [0.15, 0.2) is 47.3 Å². The molecule has 30 nitrogen and oxygen atoms in total. The Hall–Kier alpha value is -8.73. The van der Waals surface area contributed by atoms with Crippen LogP contribution in [-0.2, 0) is 35.7 Å². The Morgan fingerprint density at radius 3 is 0.847 bits per heavy atom. The molecule has 0 aliphatic carbocycles. The first kappa shape index (κ1) is 53.0. The Balaban J connectivity index is 0.774. The van der Waals surface area contributed by atoms with E-state index >= 15 is 38.4 Å². The fourth-order valence-electron chi connectivity index (χ4n) is 16.1. The second-order valence-electron chi connectivity index (χ2n) is 24.4. The molecule has 0 N–H and O–H groups in total. The lowest BCUT2D eigenvalue weighted by Crippen LogP contribution is -2.69. The molecule has 16 amide bonds. The van der Waals surface area contributed by atoms with E-state index in [-0.39, 0.29) is 66.1 Å². The van der Waals surface area contributed by atoms with Gasteiger partial charge in [-0.1, -0.05) is 20.8 Å². The van der Waals surface area contributed by atoms with E-state index in [1.54, 1.807) is 52.5 Å². The number of hydrogen-bond donors (Lipinski definition) is 0. The highest BCUT2D eigenvalue weighted by Gasteiger charge is 2.80. The van der Waals surface area contributed by atoms with Gasteiger partial charge in [-0.05, 0) is 71.2 Å². The van der Waals surface area contributed by atoms with Crippen molar-refractivity contribution < 1.29 is 66.8 Å². The van der Waals surface area contributed by atoms with Crippen LogP contribution < -0.4 is 18.9 Å². The summed E-state index contributed by atoms with van der Waals surface area (Å²) in [5.74, 6) is 1.55. The van der Waals surface area contributed by atoms with Crippen LogP contribution in [0.2, 0.25) is 0 Å². The summed E-state index contributed by atoms with van der Waals surface area (Å²) in [6.45, 7) is 13.3. The van der Waals surface area contributed by atoms with Gasteiger partial charge in [-0.25, -0.2) is 38.4 Å². The van der Waals surface area contributed by atoms with Gasteiger partial charge in [-0.2, -0.15) is 0 Å². The molecule has 452 valence electrons. The predicted octanol–water partition coefficient (Wildman–Crippen LogP) is 3.58. The molecule has 30 heteroatoms. The van der Waals surface area contributed by atoms with Gasteiger partial charge in [0.25, 0.3) is 0 Å². The SMILES string of the molecule is CCCOc1ccc(OCCC)c2c1CN1C(=O)N3CN4C(=O)N5CN6C(=O)N7CN8C(=O)N9Cc%10c(OCCC)ccc(OCCOC(C)=O)c%10CN%10C(=O)N(CN%11C(=O)N(CN%12C(=O)N(CN%13C(=O)N(C2)C1(C)C3%13C)[C@@H]4[C@@H]5%12)[C@@H]6[C@@H]7%11)[C@]8(C)[C@@]9%10C. The van der Waals surface area contributed by atoms with Gasteiger partial charge in [0, 0.05) is 29.2 Å². The molecule has 11 saturated heterocycles. The van der Waals surface area contributed by atoms with Crippen molar-refractivity contribution in [1.29, 1.82) is 0 Å². The molecule has 15 rings (SSSR count). The number of nitrogens with zero attached hydrogens (tertiary/aromatic N) is 16. The highest BCUT2D eigenvalue weighted by molar-refractivity contribution is 5.94. The Morgan fingerprint density at radius 1 is 0.365 bits per heavy atom. The van der Waals surface area contributed by atoms with Crippen molar-refractivity contribution in [1.82, 2.24) is 78.4 Å². The van der Waals surface area contributed by atoms with E-state index < -0.39 is 115 Å². The highest BCUT2D eigenvalue weighted by Crippen LogP contribution is 2.59. The molecule has 85 heavy (non-hydrogen) atoms. The smallest absolute Gasteiger partial charge is 0.326 e. The largest absolute Gasteiger partial charge is 0.493 e. The van der Waals surface area contributed by atoms with Crippen LogP contribution >= 0.6 is 0 Å². The maximum absolute atomic E-state index is 15.5. The first-order chi connectivity index (χ1) is 40.7. The number of carbonyl (C=O) groups is 9. The number of rotatable bonds is 13. The maximum atomic E-state index is 15.5. The van der Waals surface area contributed by atoms with E-state index in [2.05, 4.69) is 0 Å². The van der Waals surface area contributed by atoms with Crippen molar-refractivity contribution in [3.63, 3.8) is 0 Å².